The van der Waals surface area contributed by atoms with Crippen molar-refractivity contribution in [1.29, 1.82) is 0 Å². The fourth-order valence-corrected chi connectivity index (χ4v) is 4.29. The molecule has 7 nitrogen and oxygen atoms in total. The number of aryl methyl sites for hydroxylation is 1. The van der Waals surface area contributed by atoms with Crippen LogP contribution in [0.2, 0.25) is 0 Å². The highest BCUT2D eigenvalue weighted by Gasteiger charge is 2.29. The van der Waals surface area contributed by atoms with E-state index in [1.807, 2.05) is 24.1 Å². The fourth-order valence-electron chi connectivity index (χ4n) is 4.29. The molecule has 1 N–H and O–H groups in total. The van der Waals surface area contributed by atoms with Gasteiger partial charge < -0.3 is 10.2 Å². The van der Waals surface area contributed by atoms with Gasteiger partial charge in [-0.3, -0.25) is 9.67 Å². The van der Waals surface area contributed by atoms with Crippen LogP contribution in [0.25, 0.3) is 11.3 Å². The maximum absolute atomic E-state index is 4.94. The van der Waals surface area contributed by atoms with Crippen LogP contribution in [0.3, 0.4) is 0 Å². The third-order valence-corrected chi connectivity index (χ3v) is 5.88. The topological polar surface area (TPSA) is 71.8 Å². The van der Waals surface area contributed by atoms with Crippen LogP contribution in [-0.4, -0.2) is 50.9 Å². The van der Waals surface area contributed by atoms with Crippen LogP contribution in [0.1, 0.15) is 48.2 Å². The zero-order valence-electron chi connectivity index (χ0n) is 17.3. The molecule has 1 saturated heterocycles. The molecule has 0 bridgehead atoms. The molecule has 0 aromatic carbocycles. The van der Waals surface area contributed by atoms with Crippen molar-refractivity contribution < 1.29 is 0 Å². The molecule has 4 heterocycles. The number of hydrogen-bond donors (Lipinski definition) is 1. The largest absolute Gasteiger partial charge is 0.368 e. The van der Waals surface area contributed by atoms with Gasteiger partial charge in [0.1, 0.15) is 5.82 Å². The predicted octanol–water partition coefficient (Wildman–Crippen LogP) is 2.30. The van der Waals surface area contributed by atoms with E-state index < -0.39 is 0 Å². The number of anilines is 1. The lowest BCUT2D eigenvalue weighted by molar-refractivity contribution is 0.588. The van der Waals surface area contributed by atoms with Gasteiger partial charge >= 0.3 is 0 Å². The van der Waals surface area contributed by atoms with Gasteiger partial charge in [0.25, 0.3) is 0 Å². The van der Waals surface area contributed by atoms with E-state index in [1.54, 1.807) is 0 Å². The first-order valence-electron chi connectivity index (χ1n) is 10.4. The van der Waals surface area contributed by atoms with Gasteiger partial charge in [-0.25, -0.2) is 9.97 Å². The molecular formula is C22H27N7. The molecule has 0 atom stereocenters. The van der Waals surface area contributed by atoms with Crippen LogP contribution in [0.5, 0.6) is 0 Å². The first-order chi connectivity index (χ1) is 14.1. The van der Waals surface area contributed by atoms with Crippen molar-refractivity contribution in [2.75, 3.05) is 31.1 Å². The summed E-state index contributed by atoms with van der Waals surface area (Å²) in [7, 11) is 2.02. The summed E-state index contributed by atoms with van der Waals surface area (Å²) in [6, 6.07) is 4.26. The Morgan fingerprint density at radius 1 is 1.10 bits per heavy atom. The third kappa shape index (κ3) is 3.29. The van der Waals surface area contributed by atoms with Crippen LogP contribution in [0.4, 0.5) is 5.69 Å². The molecule has 1 aliphatic heterocycles. The zero-order valence-corrected chi connectivity index (χ0v) is 17.3. The minimum Gasteiger partial charge on any atom is -0.368 e. The summed E-state index contributed by atoms with van der Waals surface area (Å²) in [4.78, 5) is 16.6. The Balaban J connectivity index is 1.40. The number of nitrogens with one attached hydrogen (secondary N) is 1. The standard InChI is InChI=1S/C22H27N7/c1-14(2)21-20-18(28(3)27-21)10-15-12-25-19(26-22(15)20)11-16-4-5-17(13-24-16)29-8-6-23-7-9-29/h4-5,12-14,23H,6-11H2,1-3H3. The van der Waals surface area contributed by atoms with Gasteiger partial charge in [-0.2, -0.15) is 5.10 Å². The number of rotatable bonds is 4. The normalized spacial score (nSPS) is 15.7. The number of fused-ring (bicyclic) bond motifs is 3. The first-order valence-corrected chi connectivity index (χ1v) is 10.4. The van der Waals surface area contributed by atoms with Crippen molar-refractivity contribution >= 4 is 5.69 Å². The Bertz CT molecular complexity index is 1030. The van der Waals surface area contributed by atoms with Gasteiger partial charge in [0.2, 0.25) is 0 Å². The second kappa shape index (κ2) is 7.22. The highest BCUT2D eigenvalue weighted by molar-refractivity contribution is 5.74. The molecule has 0 saturated carbocycles. The molecule has 0 spiro atoms. The van der Waals surface area contributed by atoms with Crippen molar-refractivity contribution in [3.05, 3.63) is 53.0 Å². The molecule has 3 aromatic rings. The molecule has 150 valence electrons. The molecule has 3 aromatic heterocycles. The Kier molecular flexibility index (Phi) is 4.54. The first kappa shape index (κ1) is 18.2. The van der Waals surface area contributed by atoms with E-state index in [2.05, 4.69) is 46.2 Å². The summed E-state index contributed by atoms with van der Waals surface area (Å²) in [5.74, 6) is 1.19. The van der Waals surface area contributed by atoms with Crippen LogP contribution in [-0.2, 0) is 19.9 Å². The highest BCUT2D eigenvalue weighted by Crippen LogP contribution is 2.39. The van der Waals surface area contributed by atoms with Gasteiger partial charge in [-0.1, -0.05) is 13.8 Å². The second-order valence-electron chi connectivity index (χ2n) is 8.24. The summed E-state index contributed by atoms with van der Waals surface area (Å²) >= 11 is 0. The highest BCUT2D eigenvalue weighted by atomic mass is 15.3. The summed E-state index contributed by atoms with van der Waals surface area (Å²) in [6.45, 7) is 8.49. The maximum atomic E-state index is 4.94. The van der Waals surface area contributed by atoms with Gasteiger partial charge in [-0.15, -0.1) is 0 Å². The van der Waals surface area contributed by atoms with Crippen molar-refractivity contribution in [3.8, 4) is 11.3 Å². The Labute approximate surface area is 171 Å². The molecule has 2 aliphatic rings. The summed E-state index contributed by atoms with van der Waals surface area (Å²) in [5.41, 5.74) is 8.02. The number of piperazine rings is 1. The SMILES string of the molecule is CC(C)c1nn(C)c2c1-c1nc(Cc3ccc(N4CCNCC4)cn3)ncc1C2. The lowest BCUT2D eigenvalue weighted by atomic mass is 10.0. The summed E-state index contributed by atoms with van der Waals surface area (Å²) < 4.78 is 2.00. The molecule has 0 amide bonds. The number of nitrogens with zero attached hydrogens (tertiary/aromatic N) is 6. The molecule has 0 radical (unpaired) electrons. The van der Waals surface area contributed by atoms with Crippen LogP contribution in [0, 0.1) is 0 Å². The Hall–Kier alpha value is -2.80. The smallest absolute Gasteiger partial charge is 0.134 e. The molecule has 7 heteroatoms. The van der Waals surface area contributed by atoms with E-state index in [1.165, 1.54) is 22.5 Å². The average molecular weight is 390 g/mol. The lowest BCUT2D eigenvalue weighted by Crippen LogP contribution is -2.43. The monoisotopic (exact) mass is 389 g/mol. The van der Waals surface area contributed by atoms with Crippen molar-refractivity contribution in [1.82, 2.24) is 30.0 Å². The maximum Gasteiger partial charge on any atom is 0.134 e. The lowest BCUT2D eigenvalue weighted by Gasteiger charge is -2.29. The second-order valence-corrected chi connectivity index (χ2v) is 8.24. The predicted molar refractivity (Wildman–Crippen MR) is 113 cm³/mol. The average Bonchev–Trinajstić information content (AvgIpc) is 3.27. The molecule has 29 heavy (non-hydrogen) atoms. The van der Waals surface area contributed by atoms with Crippen LogP contribution >= 0.6 is 0 Å². The summed E-state index contributed by atoms with van der Waals surface area (Å²) in [6.07, 6.45) is 5.46. The van der Waals surface area contributed by atoms with E-state index >= 15 is 0 Å². The number of pyridine rings is 1. The number of hydrogen-bond acceptors (Lipinski definition) is 6. The van der Waals surface area contributed by atoms with Gasteiger partial charge in [0.15, 0.2) is 0 Å². The summed E-state index contributed by atoms with van der Waals surface area (Å²) in [5, 5.41) is 8.12. The molecule has 0 unspecified atom stereocenters. The Morgan fingerprint density at radius 2 is 1.93 bits per heavy atom. The van der Waals surface area contributed by atoms with Crippen LogP contribution in [0.15, 0.2) is 24.5 Å². The molecular weight excluding hydrogens is 362 g/mol. The third-order valence-electron chi connectivity index (χ3n) is 5.88. The van der Waals surface area contributed by atoms with Gasteiger partial charge in [-0.05, 0) is 18.1 Å². The quantitative estimate of drug-likeness (QED) is 0.577. The number of aromatic nitrogens is 5. The van der Waals surface area contributed by atoms with E-state index in [0.717, 1.165) is 55.5 Å². The Morgan fingerprint density at radius 3 is 2.66 bits per heavy atom. The van der Waals surface area contributed by atoms with Crippen molar-refractivity contribution in [3.63, 3.8) is 0 Å². The minimum atomic E-state index is 0.369. The van der Waals surface area contributed by atoms with Crippen molar-refractivity contribution in [2.45, 2.75) is 32.6 Å². The van der Waals surface area contributed by atoms with Gasteiger partial charge in [0, 0.05) is 62.7 Å². The minimum absolute atomic E-state index is 0.369. The fraction of sp³-hybridized carbons (Fsp3) is 0.455. The molecule has 5 rings (SSSR count). The molecule has 1 fully saturated rings. The van der Waals surface area contributed by atoms with Gasteiger partial charge in [0.05, 0.1) is 35.4 Å². The molecule has 1 aliphatic carbocycles. The van der Waals surface area contributed by atoms with E-state index in [9.17, 15) is 0 Å². The van der Waals surface area contributed by atoms with E-state index in [-0.39, 0.29) is 0 Å². The van der Waals surface area contributed by atoms with E-state index in [0.29, 0.717) is 12.3 Å². The van der Waals surface area contributed by atoms with E-state index in [4.69, 9.17) is 10.1 Å². The van der Waals surface area contributed by atoms with Crippen molar-refractivity contribution in [2.24, 2.45) is 7.05 Å². The zero-order chi connectivity index (χ0) is 20.0. The van der Waals surface area contributed by atoms with Crippen LogP contribution < -0.4 is 10.2 Å².